The van der Waals surface area contributed by atoms with E-state index in [0.717, 1.165) is 6.29 Å². The molecule has 2 atom stereocenters. The minimum atomic E-state index is -0.620. The first-order valence-corrected chi connectivity index (χ1v) is 5.18. The first-order chi connectivity index (χ1) is 7.06. The molecule has 0 unspecified atom stereocenters. The molecular formula is C11H18O4. The fourth-order valence-corrected chi connectivity index (χ4v) is 1.44. The predicted molar refractivity (Wildman–Crippen MR) is 55.3 cm³/mol. The molecule has 15 heavy (non-hydrogen) atoms. The van der Waals surface area contributed by atoms with Gasteiger partial charge >= 0.3 is 5.97 Å². The zero-order chi connectivity index (χ0) is 11.8. The molecule has 0 aliphatic heterocycles. The number of Topliss-reactive ketones (excluding diaryl/α,β-unsaturated/α-hetero) is 1. The van der Waals surface area contributed by atoms with Gasteiger partial charge in [-0.2, -0.15) is 0 Å². The van der Waals surface area contributed by atoms with E-state index >= 15 is 0 Å². The van der Waals surface area contributed by atoms with Crippen LogP contribution in [0.3, 0.4) is 0 Å². The molecule has 4 nitrogen and oxygen atoms in total. The van der Waals surface area contributed by atoms with Crippen molar-refractivity contribution in [2.24, 2.45) is 11.8 Å². The molecule has 0 saturated heterocycles. The third-order valence-electron chi connectivity index (χ3n) is 2.26. The number of rotatable bonds is 7. The molecule has 0 aromatic rings. The van der Waals surface area contributed by atoms with Crippen molar-refractivity contribution in [1.82, 2.24) is 0 Å². The molecule has 0 saturated carbocycles. The van der Waals surface area contributed by atoms with E-state index in [2.05, 4.69) is 0 Å². The van der Waals surface area contributed by atoms with E-state index in [4.69, 9.17) is 4.74 Å². The van der Waals surface area contributed by atoms with Crippen LogP contribution in [0.5, 0.6) is 0 Å². The number of ketones is 1. The molecule has 0 bridgehead atoms. The molecule has 0 aromatic heterocycles. The summed E-state index contributed by atoms with van der Waals surface area (Å²) in [5, 5.41) is 0. The Labute approximate surface area is 90.0 Å². The Morgan fingerprint density at radius 2 is 1.93 bits per heavy atom. The van der Waals surface area contributed by atoms with Crippen molar-refractivity contribution in [1.29, 1.82) is 0 Å². The summed E-state index contributed by atoms with van der Waals surface area (Å²) in [6, 6.07) is 0. The maximum atomic E-state index is 11.5. The molecule has 0 radical (unpaired) electrons. The van der Waals surface area contributed by atoms with Crippen molar-refractivity contribution in [2.75, 3.05) is 6.61 Å². The summed E-state index contributed by atoms with van der Waals surface area (Å²) >= 11 is 0. The van der Waals surface area contributed by atoms with Crippen LogP contribution in [0.1, 0.15) is 33.6 Å². The molecular weight excluding hydrogens is 196 g/mol. The fourth-order valence-electron chi connectivity index (χ4n) is 1.44. The molecule has 86 valence electrons. The second-order valence-corrected chi connectivity index (χ2v) is 3.47. The molecule has 4 heteroatoms. The topological polar surface area (TPSA) is 60.4 Å². The monoisotopic (exact) mass is 214 g/mol. The van der Waals surface area contributed by atoms with Crippen molar-refractivity contribution >= 4 is 18.0 Å². The number of carbonyl (C=O) groups is 3. The van der Waals surface area contributed by atoms with Crippen LogP contribution in [0.15, 0.2) is 0 Å². The minimum Gasteiger partial charge on any atom is -0.466 e. The van der Waals surface area contributed by atoms with Crippen LogP contribution in [0.25, 0.3) is 0 Å². The maximum absolute atomic E-state index is 11.5. The van der Waals surface area contributed by atoms with Gasteiger partial charge in [-0.25, -0.2) is 0 Å². The first kappa shape index (κ1) is 13.8. The van der Waals surface area contributed by atoms with Gasteiger partial charge in [0.05, 0.1) is 12.5 Å². The third-order valence-corrected chi connectivity index (χ3v) is 2.26. The highest BCUT2D eigenvalue weighted by molar-refractivity contribution is 5.84. The van der Waals surface area contributed by atoms with E-state index in [-0.39, 0.29) is 18.8 Å². The fraction of sp³-hybridized carbons (Fsp3) is 0.727. The van der Waals surface area contributed by atoms with E-state index in [1.807, 2.05) is 6.92 Å². The number of hydrogen-bond donors (Lipinski definition) is 0. The highest BCUT2D eigenvalue weighted by Crippen LogP contribution is 2.19. The van der Waals surface area contributed by atoms with Gasteiger partial charge in [0.1, 0.15) is 12.1 Å². The summed E-state index contributed by atoms with van der Waals surface area (Å²) in [5.41, 5.74) is 0. The third kappa shape index (κ3) is 4.72. The lowest BCUT2D eigenvalue weighted by atomic mass is 9.87. The molecule has 0 rings (SSSR count). The summed E-state index contributed by atoms with van der Waals surface area (Å²) in [6.07, 6.45) is 1.35. The Balaban J connectivity index is 4.61. The van der Waals surface area contributed by atoms with Gasteiger partial charge < -0.3 is 14.3 Å². The highest BCUT2D eigenvalue weighted by atomic mass is 16.5. The average molecular weight is 214 g/mol. The number of carbonyl (C=O) groups excluding carboxylic acids is 3. The normalized spacial score (nSPS) is 14.1. The minimum absolute atomic E-state index is 0.0794. The Hall–Kier alpha value is -1.19. The van der Waals surface area contributed by atoms with E-state index in [1.54, 1.807) is 6.92 Å². The lowest BCUT2D eigenvalue weighted by molar-refractivity contribution is -0.152. The Kier molecular flexibility index (Phi) is 6.58. The van der Waals surface area contributed by atoms with Gasteiger partial charge in [-0.05, 0) is 20.3 Å². The molecule has 0 aliphatic rings. The van der Waals surface area contributed by atoms with Crippen molar-refractivity contribution in [2.45, 2.75) is 33.6 Å². The summed E-state index contributed by atoms with van der Waals surface area (Å²) in [5.74, 6) is -1.60. The van der Waals surface area contributed by atoms with E-state index in [0.29, 0.717) is 6.42 Å². The van der Waals surface area contributed by atoms with Gasteiger partial charge in [0.15, 0.2) is 0 Å². The van der Waals surface area contributed by atoms with Gasteiger partial charge in [0.2, 0.25) is 0 Å². The van der Waals surface area contributed by atoms with Gasteiger partial charge in [0.25, 0.3) is 0 Å². The Morgan fingerprint density at radius 1 is 1.33 bits per heavy atom. The second kappa shape index (κ2) is 7.15. The standard InChI is InChI=1S/C11H18O4/c1-4-9(7-12)10(6-8(3)13)11(14)15-5-2/h7,9-10H,4-6H2,1-3H3/t9-,10+/m1/s1. The Bertz CT molecular complexity index is 235. The van der Waals surface area contributed by atoms with Crippen LogP contribution in [0.2, 0.25) is 0 Å². The van der Waals surface area contributed by atoms with Crippen LogP contribution in [-0.4, -0.2) is 24.6 Å². The number of aldehydes is 1. The van der Waals surface area contributed by atoms with Crippen LogP contribution in [0, 0.1) is 11.8 Å². The molecule has 0 heterocycles. The summed E-state index contributed by atoms with van der Waals surface area (Å²) in [7, 11) is 0. The lowest BCUT2D eigenvalue weighted by Crippen LogP contribution is -2.28. The van der Waals surface area contributed by atoms with E-state index in [1.165, 1.54) is 6.92 Å². The van der Waals surface area contributed by atoms with Crippen molar-refractivity contribution in [3.05, 3.63) is 0 Å². The van der Waals surface area contributed by atoms with Crippen LogP contribution in [0.4, 0.5) is 0 Å². The summed E-state index contributed by atoms with van der Waals surface area (Å²) < 4.78 is 4.84. The van der Waals surface area contributed by atoms with Gasteiger partial charge in [0, 0.05) is 12.3 Å². The predicted octanol–water partition coefficient (Wildman–Crippen LogP) is 1.37. The van der Waals surface area contributed by atoms with Gasteiger partial charge in [-0.15, -0.1) is 0 Å². The van der Waals surface area contributed by atoms with Crippen molar-refractivity contribution in [3.63, 3.8) is 0 Å². The molecule has 0 amide bonds. The van der Waals surface area contributed by atoms with Crippen molar-refractivity contribution < 1.29 is 19.1 Å². The van der Waals surface area contributed by atoms with Crippen molar-refractivity contribution in [3.8, 4) is 0 Å². The highest BCUT2D eigenvalue weighted by Gasteiger charge is 2.29. The SMILES string of the molecule is CCOC(=O)[C@@H](CC(C)=O)[C@@H](C=O)CC. The quantitative estimate of drug-likeness (QED) is 0.474. The van der Waals surface area contributed by atoms with Crippen LogP contribution in [-0.2, 0) is 19.1 Å². The van der Waals surface area contributed by atoms with Gasteiger partial charge in [-0.1, -0.05) is 6.92 Å². The average Bonchev–Trinajstić information content (AvgIpc) is 2.18. The molecule has 0 fully saturated rings. The Morgan fingerprint density at radius 3 is 2.27 bits per heavy atom. The number of esters is 1. The van der Waals surface area contributed by atoms with Gasteiger partial charge in [-0.3, -0.25) is 4.79 Å². The molecule has 0 aliphatic carbocycles. The summed E-state index contributed by atoms with van der Waals surface area (Å²) in [6.45, 7) is 5.18. The smallest absolute Gasteiger partial charge is 0.310 e. The zero-order valence-electron chi connectivity index (χ0n) is 9.49. The first-order valence-electron chi connectivity index (χ1n) is 5.18. The molecule has 0 aromatic carbocycles. The number of hydrogen-bond acceptors (Lipinski definition) is 4. The zero-order valence-corrected chi connectivity index (χ0v) is 9.49. The van der Waals surface area contributed by atoms with E-state index < -0.39 is 17.8 Å². The maximum Gasteiger partial charge on any atom is 0.310 e. The van der Waals surface area contributed by atoms with E-state index in [9.17, 15) is 14.4 Å². The van der Waals surface area contributed by atoms with Crippen LogP contribution < -0.4 is 0 Å². The van der Waals surface area contributed by atoms with Crippen LogP contribution >= 0.6 is 0 Å². The largest absolute Gasteiger partial charge is 0.466 e. The molecule has 0 spiro atoms. The second-order valence-electron chi connectivity index (χ2n) is 3.47. The number of ether oxygens (including phenoxy) is 1. The molecule has 0 N–H and O–H groups in total. The summed E-state index contributed by atoms with van der Waals surface area (Å²) in [4.78, 5) is 33.2. The lowest BCUT2D eigenvalue weighted by Gasteiger charge is -2.18.